The van der Waals surface area contributed by atoms with Gasteiger partial charge in [0, 0.05) is 31.7 Å². The largest absolute Gasteiger partial charge is 0.378 e. The third-order valence-corrected chi connectivity index (χ3v) is 8.06. The second-order valence-corrected chi connectivity index (χ2v) is 10.2. The Labute approximate surface area is 187 Å². The number of nitrogens with zero attached hydrogens (tertiary/aromatic N) is 3. The quantitative estimate of drug-likeness (QED) is 0.654. The molecule has 2 aromatic carbocycles. The molecule has 5 rings (SSSR count). The molecular formula is C23H26N4O4S. The van der Waals surface area contributed by atoms with Gasteiger partial charge >= 0.3 is 0 Å². The lowest BCUT2D eigenvalue weighted by atomic mass is 9.98. The molecule has 0 bridgehead atoms. The highest BCUT2D eigenvalue weighted by Crippen LogP contribution is 2.28. The van der Waals surface area contributed by atoms with Crippen molar-refractivity contribution in [3.05, 3.63) is 48.5 Å². The number of hydrogen-bond acceptors (Lipinski definition) is 5. The Morgan fingerprint density at radius 3 is 2.62 bits per heavy atom. The van der Waals surface area contributed by atoms with Crippen molar-refractivity contribution < 1.29 is 17.9 Å². The topological polar surface area (TPSA) is 95.6 Å². The van der Waals surface area contributed by atoms with Gasteiger partial charge in [-0.2, -0.15) is 4.31 Å². The van der Waals surface area contributed by atoms with Gasteiger partial charge in [0.1, 0.15) is 5.82 Å². The smallest absolute Gasteiger partial charge is 0.243 e. The molecular weight excluding hydrogens is 428 g/mol. The zero-order valence-electron chi connectivity index (χ0n) is 17.7. The van der Waals surface area contributed by atoms with Gasteiger partial charge in [0.05, 0.1) is 35.1 Å². The van der Waals surface area contributed by atoms with E-state index in [4.69, 9.17) is 4.74 Å². The van der Waals surface area contributed by atoms with Crippen LogP contribution in [0.1, 0.15) is 12.8 Å². The van der Waals surface area contributed by atoms with Gasteiger partial charge in [0.15, 0.2) is 0 Å². The molecule has 32 heavy (non-hydrogen) atoms. The molecule has 0 saturated carbocycles. The summed E-state index contributed by atoms with van der Waals surface area (Å²) < 4.78 is 33.6. The number of rotatable bonds is 4. The van der Waals surface area contributed by atoms with Gasteiger partial charge in [0.25, 0.3) is 0 Å². The number of amides is 1. The average Bonchev–Trinajstić information content (AvgIpc) is 3.28. The first-order valence-corrected chi connectivity index (χ1v) is 12.4. The fourth-order valence-electron chi connectivity index (χ4n) is 4.44. The number of aromatic amines is 1. The van der Waals surface area contributed by atoms with Crippen molar-refractivity contribution in [3.8, 4) is 11.4 Å². The molecule has 1 amide bonds. The fourth-order valence-corrected chi connectivity index (χ4v) is 5.99. The van der Waals surface area contributed by atoms with Gasteiger partial charge in [-0.15, -0.1) is 0 Å². The van der Waals surface area contributed by atoms with Crippen LogP contribution in [0.25, 0.3) is 22.4 Å². The molecule has 1 atom stereocenters. The number of nitrogens with one attached hydrogen (secondary N) is 1. The molecule has 9 heteroatoms. The van der Waals surface area contributed by atoms with E-state index < -0.39 is 10.0 Å². The summed E-state index contributed by atoms with van der Waals surface area (Å²) in [6.07, 6.45) is 1.38. The number of imidazole rings is 1. The number of carbonyl (C=O) groups excluding carboxylic acids is 1. The minimum atomic E-state index is -3.72. The lowest BCUT2D eigenvalue weighted by molar-refractivity contribution is -0.140. The molecule has 3 aromatic rings. The summed E-state index contributed by atoms with van der Waals surface area (Å²) in [6, 6.07) is 14.7. The summed E-state index contributed by atoms with van der Waals surface area (Å²) in [6.45, 7) is 2.86. The number of fused-ring (bicyclic) bond motifs is 1. The lowest BCUT2D eigenvalue weighted by Crippen LogP contribution is -2.49. The number of H-pyrrole nitrogens is 1. The summed E-state index contributed by atoms with van der Waals surface area (Å²) >= 11 is 0. The van der Waals surface area contributed by atoms with Crippen LogP contribution in [0.15, 0.2) is 53.4 Å². The maximum atomic E-state index is 13.4. The van der Waals surface area contributed by atoms with Gasteiger partial charge in [-0.1, -0.05) is 30.3 Å². The van der Waals surface area contributed by atoms with Crippen molar-refractivity contribution in [2.45, 2.75) is 17.7 Å². The van der Waals surface area contributed by atoms with Crippen molar-refractivity contribution in [2.75, 3.05) is 39.4 Å². The third-order valence-electron chi connectivity index (χ3n) is 6.19. The van der Waals surface area contributed by atoms with Crippen molar-refractivity contribution in [1.82, 2.24) is 19.2 Å². The van der Waals surface area contributed by atoms with E-state index in [2.05, 4.69) is 9.97 Å². The lowest BCUT2D eigenvalue weighted by Gasteiger charge is -2.35. The van der Waals surface area contributed by atoms with Gasteiger partial charge in [0.2, 0.25) is 15.9 Å². The number of carbonyl (C=O) groups is 1. The van der Waals surface area contributed by atoms with Crippen LogP contribution in [-0.4, -0.2) is 72.9 Å². The highest BCUT2D eigenvalue weighted by atomic mass is 32.2. The Morgan fingerprint density at radius 1 is 1.06 bits per heavy atom. The van der Waals surface area contributed by atoms with E-state index in [1.807, 2.05) is 30.3 Å². The van der Waals surface area contributed by atoms with E-state index in [9.17, 15) is 13.2 Å². The number of hydrogen-bond donors (Lipinski definition) is 1. The van der Waals surface area contributed by atoms with E-state index in [0.29, 0.717) is 62.5 Å². The fraction of sp³-hybridized carbons (Fsp3) is 0.391. The summed E-state index contributed by atoms with van der Waals surface area (Å²) in [5.74, 6) is 0.422. The second-order valence-electron chi connectivity index (χ2n) is 8.27. The van der Waals surface area contributed by atoms with Gasteiger partial charge < -0.3 is 14.6 Å². The Hall–Kier alpha value is -2.75. The number of piperidine rings is 1. The SMILES string of the molecule is O=C([C@@H]1CCCN(S(=O)(=O)c2ccc3nc(-c4ccccc4)[nH]c3c2)C1)N1CCOCC1. The maximum Gasteiger partial charge on any atom is 0.243 e. The van der Waals surface area contributed by atoms with Crippen molar-refractivity contribution in [1.29, 1.82) is 0 Å². The van der Waals surface area contributed by atoms with Gasteiger partial charge in [-0.05, 0) is 31.0 Å². The normalized spacial score (nSPS) is 20.5. The molecule has 0 aliphatic carbocycles. The second kappa shape index (κ2) is 8.65. The summed E-state index contributed by atoms with van der Waals surface area (Å²) in [7, 11) is -3.72. The molecule has 8 nitrogen and oxygen atoms in total. The number of sulfonamides is 1. The molecule has 0 radical (unpaired) electrons. The minimum absolute atomic E-state index is 0.0322. The third kappa shape index (κ3) is 4.03. The van der Waals surface area contributed by atoms with Crippen molar-refractivity contribution >= 4 is 27.0 Å². The summed E-state index contributed by atoms with van der Waals surface area (Å²) in [5, 5.41) is 0. The zero-order chi connectivity index (χ0) is 22.1. The first-order valence-electron chi connectivity index (χ1n) is 10.9. The molecule has 1 aromatic heterocycles. The average molecular weight is 455 g/mol. The van der Waals surface area contributed by atoms with Crippen LogP contribution in [0.5, 0.6) is 0 Å². The Balaban J connectivity index is 1.37. The Bertz CT molecular complexity index is 1220. The number of benzene rings is 2. The minimum Gasteiger partial charge on any atom is -0.378 e. The monoisotopic (exact) mass is 454 g/mol. The first kappa shape index (κ1) is 21.1. The predicted molar refractivity (Wildman–Crippen MR) is 120 cm³/mol. The summed E-state index contributed by atoms with van der Waals surface area (Å²) in [4.78, 5) is 22.7. The number of ether oxygens (including phenoxy) is 1. The van der Waals surface area contributed by atoms with E-state index in [0.717, 1.165) is 5.56 Å². The molecule has 168 valence electrons. The van der Waals surface area contributed by atoms with E-state index in [-0.39, 0.29) is 23.3 Å². The highest BCUT2D eigenvalue weighted by molar-refractivity contribution is 7.89. The van der Waals surface area contributed by atoms with Crippen LogP contribution in [-0.2, 0) is 19.6 Å². The first-order chi connectivity index (χ1) is 15.5. The number of morpholine rings is 1. The van der Waals surface area contributed by atoms with Crippen LogP contribution in [0, 0.1) is 5.92 Å². The Morgan fingerprint density at radius 2 is 1.84 bits per heavy atom. The van der Waals surface area contributed by atoms with Crippen molar-refractivity contribution in [2.24, 2.45) is 5.92 Å². The molecule has 2 aliphatic heterocycles. The van der Waals surface area contributed by atoms with Crippen LogP contribution >= 0.6 is 0 Å². The summed E-state index contributed by atoms with van der Waals surface area (Å²) in [5.41, 5.74) is 2.32. The van der Waals surface area contributed by atoms with E-state index in [1.165, 1.54) is 4.31 Å². The predicted octanol–water partition coefficient (Wildman–Crippen LogP) is 2.49. The van der Waals surface area contributed by atoms with Crippen LogP contribution in [0.4, 0.5) is 0 Å². The molecule has 2 saturated heterocycles. The van der Waals surface area contributed by atoms with Crippen LogP contribution < -0.4 is 0 Å². The van der Waals surface area contributed by atoms with E-state index in [1.54, 1.807) is 23.1 Å². The van der Waals surface area contributed by atoms with Gasteiger partial charge in [-0.3, -0.25) is 4.79 Å². The molecule has 2 aliphatic rings. The zero-order valence-corrected chi connectivity index (χ0v) is 18.6. The molecule has 0 spiro atoms. The standard InChI is InChI=1S/C23H26N4O4S/c28-23(26-11-13-31-14-12-26)18-7-4-10-27(16-18)32(29,30)19-8-9-20-21(15-19)25-22(24-20)17-5-2-1-3-6-17/h1-3,5-6,8-9,15,18H,4,7,10-14,16H2,(H,24,25)/t18-/m1/s1. The molecule has 0 unspecified atom stereocenters. The van der Waals surface area contributed by atoms with Crippen LogP contribution in [0.3, 0.4) is 0 Å². The Kier molecular flexibility index (Phi) is 5.71. The van der Waals surface area contributed by atoms with Crippen LogP contribution in [0.2, 0.25) is 0 Å². The molecule has 3 heterocycles. The van der Waals surface area contributed by atoms with E-state index >= 15 is 0 Å². The van der Waals surface area contributed by atoms with Crippen molar-refractivity contribution in [3.63, 3.8) is 0 Å². The highest BCUT2D eigenvalue weighted by Gasteiger charge is 2.35. The maximum absolute atomic E-state index is 13.4. The number of aromatic nitrogens is 2. The molecule has 1 N–H and O–H groups in total. The van der Waals surface area contributed by atoms with Gasteiger partial charge in [-0.25, -0.2) is 13.4 Å². The molecule has 2 fully saturated rings.